The largest absolute Gasteiger partial charge is 0.380 e. The molecule has 102 valence electrons. The van der Waals surface area contributed by atoms with Crippen LogP contribution in [0.2, 0.25) is 0 Å². The number of hydrogen-bond donors (Lipinski definition) is 1. The van der Waals surface area contributed by atoms with Crippen molar-refractivity contribution in [2.45, 2.75) is 45.1 Å². The number of aromatic nitrogens is 2. The van der Waals surface area contributed by atoms with Crippen molar-refractivity contribution in [3.8, 4) is 0 Å². The van der Waals surface area contributed by atoms with Crippen LogP contribution in [0.1, 0.15) is 44.2 Å². The Morgan fingerprint density at radius 2 is 2.44 bits per heavy atom. The minimum Gasteiger partial charge on any atom is -0.380 e. The van der Waals surface area contributed by atoms with E-state index in [1.54, 1.807) is 0 Å². The molecule has 4 nitrogen and oxygen atoms in total. The van der Waals surface area contributed by atoms with Crippen LogP contribution in [0.25, 0.3) is 0 Å². The average molecular weight is 251 g/mol. The van der Waals surface area contributed by atoms with Gasteiger partial charge in [-0.15, -0.1) is 0 Å². The van der Waals surface area contributed by atoms with Crippen LogP contribution in [0.4, 0.5) is 0 Å². The maximum Gasteiger partial charge on any atom is 0.0949 e. The molecular formula is C14H25N3O. The SMILES string of the molecule is CCCCOCCn1cncc1C1CCCNC1. The van der Waals surface area contributed by atoms with E-state index >= 15 is 0 Å². The quantitative estimate of drug-likeness (QED) is 0.755. The molecule has 0 bridgehead atoms. The number of hydrogen-bond acceptors (Lipinski definition) is 3. The Balaban J connectivity index is 1.79. The van der Waals surface area contributed by atoms with Crippen LogP contribution < -0.4 is 5.32 Å². The van der Waals surface area contributed by atoms with Gasteiger partial charge >= 0.3 is 0 Å². The van der Waals surface area contributed by atoms with Gasteiger partial charge in [-0.25, -0.2) is 4.98 Å². The van der Waals surface area contributed by atoms with E-state index in [9.17, 15) is 0 Å². The van der Waals surface area contributed by atoms with Gasteiger partial charge in [0.15, 0.2) is 0 Å². The number of imidazole rings is 1. The lowest BCUT2D eigenvalue weighted by molar-refractivity contribution is 0.122. The van der Waals surface area contributed by atoms with Gasteiger partial charge in [-0.1, -0.05) is 13.3 Å². The van der Waals surface area contributed by atoms with Gasteiger partial charge in [0.25, 0.3) is 0 Å². The fourth-order valence-corrected chi connectivity index (χ4v) is 2.47. The molecule has 4 heteroatoms. The van der Waals surface area contributed by atoms with Crippen molar-refractivity contribution < 1.29 is 4.74 Å². The number of nitrogens with zero attached hydrogens (tertiary/aromatic N) is 2. The monoisotopic (exact) mass is 251 g/mol. The number of ether oxygens (including phenoxy) is 1. The lowest BCUT2D eigenvalue weighted by atomic mass is 9.96. The molecule has 0 amide bonds. The fraction of sp³-hybridized carbons (Fsp3) is 0.786. The van der Waals surface area contributed by atoms with E-state index in [1.165, 1.54) is 25.0 Å². The first-order valence-corrected chi connectivity index (χ1v) is 7.20. The Kier molecular flexibility index (Phi) is 5.68. The molecule has 2 rings (SSSR count). The number of rotatable bonds is 7. The van der Waals surface area contributed by atoms with Crippen molar-refractivity contribution in [3.05, 3.63) is 18.2 Å². The van der Waals surface area contributed by atoms with Gasteiger partial charge in [0.1, 0.15) is 0 Å². The molecule has 1 fully saturated rings. The van der Waals surface area contributed by atoms with E-state index in [0.29, 0.717) is 5.92 Å². The second-order valence-corrected chi connectivity index (χ2v) is 5.02. The van der Waals surface area contributed by atoms with Gasteiger partial charge < -0.3 is 14.6 Å². The highest BCUT2D eigenvalue weighted by molar-refractivity contribution is 5.08. The zero-order valence-electron chi connectivity index (χ0n) is 11.4. The molecule has 0 radical (unpaired) electrons. The summed E-state index contributed by atoms with van der Waals surface area (Å²) in [6, 6.07) is 0. The van der Waals surface area contributed by atoms with Crippen LogP contribution in [0.5, 0.6) is 0 Å². The number of unbranched alkanes of at least 4 members (excludes halogenated alkanes) is 1. The summed E-state index contributed by atoms with van der Waals surface area (Å²) < 4.78 is 7.88. The minimum atomic E-state index is 0.622. The van der Waals surface area contributed by atoms with Crippen molar-refractivity contribution in [2.75, 3.05) is 26.3 Å². The summed E-state index contributed by atoms with van der Waals surface area (Å²) in [6.07, 6.45) is 8.85. The second-order valence-electron chi connectivity index (χ2n) is 5.02. The Bertz CT molecular complexity index is 332. The first kappa shape index (κ1) is 13.6. The summed E-state index contributed by atoms with van der Waals surface area (Å²) in [5.74, 6) is 0.622. The average Bonchev–Trinajstić information content (AvgIpc) is 2.88. The Morgan fingerprint density at radius 1 is 1.50 bits per heavy atom. The van der Waals surface area contributed by atoms with Crippen molar-refractivity contribution in [1.29, 1.82) is 0 Å². The van der Waals surface area contributed by atoms with E-state index in [2.05, 4.69) is 21.8 Å². The first-order chi connectivity index (χ1) is 8.92. The van der Waals surface area contributed by atoms with Crippen LogP contribution in [0, 0.1) is 0 Å². The third kappa shape index (κ3) is 3.82. The van der Waals surface area contributed by atoms with Crippen LogP contribution >= 0.6 is 0 Å². The molecule has 1 saturated heterocycles. The second kappa shape index (κ2) is 7.54. The molecule has 0 aromatic carbocycles. The fourth-order valence-electron chi connectivity index (χ4n) is 2.47. The lowest BCUT2D eigenvalue weighted by Gasteiger charge is -2.23. The number of piperidine rings is 1. The summed E-state index contributed by atoms with van der Waals surface area (Å²) in [5, 5.41) is 3.46. The normalized spacial score (nSPS) is 20.2. The summed E-state index contributed by atoms with van der Waals surface area (Å²) in [4.78, 5) is 4.29. The smallest absolute Gasteiger partial charge is 0.0949 e. The molecule has 2 heterocycles. The lowest BCUT2D eigenvalue weighted by Crippen LogP contribution is -2.29. The molecule has 0 spiro atoms. The third-order valence-electron chi connectivity index (χ3n) is 3.58. The van der Waals surface area contributed by atoms with Crippen molar-refractivity contribution >= 4 is 0 Å². The summed E-state index contributed by atoms with van der Waals surface area (Å²) >= 11 is 0. The van der Waals surface area contributed by atoms with E-state index in [0.717, 1.165) is 39.3 Å². The molecule has 1 aliphatic heterocycles. The molecule has 1 aromatic heterocycles. The van der Waals surface area contributed by atoms with Crippen molar-refractivity contribution in [2.24, 2.45) is 0 Å². The first-order valence-electron chi connectivity index (χ1n) is 7.20. The molecular weight excluding hydrogens is 226 g/mol. The molecule has 1 N–H and O–H groups in total. The number of nitrogens with one attached hydrogen (secondary N) is 1. The molecule has 18 heavy (non-hydrogen) atoms. The summed E-state index contributed by atoms with van der Waals surface area (Å²) in [7, 11) is 0. The minimum absolute atomic E-state index is 0.622. The van der Waals surface area contributed by atoms with Gasteiger partial charge in [-0.2, -0.15) is 0 Å². The van der Waals surface area contributed by atoms with Crippen LogP contribution in [0.15, 0.2) is 12.5 Å². The highest BCUT2D eigenvalue weighted by Crippen LogP contribution is 2.22. The summed E-state index contributed by atoms with van der Waals surface area (Å²) in [5.41, 5.74) is 1.36. The van der Waals surface area contributed by atoms with E-state index in [-0.39, 0.29) is 0 Å². The zero-order valence-corrected chi connectivity index (χ0v) is 11.4. The van der Waals surface area contributed by atoms with E-state index in [1.807, 2.05) is 12.5 Å². The predicted molar refractivity (Wildman–Crippen MR) is 72.8 cm³/mol. The maximum atomic E-state index is 5.63. The molecule has 1 unspecified atom stereocenters. The van der Waals surface area contributed by atoms with Gasteiger partial charge in [0, 0.05) is 37.5 Å². The zero-order chi connectivity index (χ0) is 12.6. The topological polar surface area (TPSA) is 39.1 Å². The van der Waals surface area contributed by atoms with Crippen LogP contribution in [-0.4, -0.2) is 35.9 Å². The maximum absolute atomic E-state index is 5.63. The Morgan fingerprint density at radius 3 is 3.22 bits per heavy atom. The molecule has 1 aliphatic rings. The van der Waals surface area contributed by atoms with Gasteiger partial charge in [-0.3, -0.25) is 0 Å². The Labute approximate surface area is 110 Å². The van der Waals surface area contributed by atoms with Crippen molar-refractivity contribution in [3.63, 3.8) is 0 Å². The van der Waals surface area contributed by atoms with Gasteiger partial charge in [0.2, 0.25) is 0 Å². The third-order valence-corrected chi connectivity index (χ3v) is 3.58. The van der Waals surface area contributed by atoms with Crippen LogP contribution in [-0.2, 0) is 11.3 Å². The molecule has 0 saturated carbocycles. The van der Waals surface area contributed by atoms with Gasteiger partial charge in [-0.05, 0) is 25.8 Å². The Hall–Kier alpha value is -0.870. The molecule has 1 aromatic rings. The highest BCUT2D eigenvalue weighted by atomic mass is 16.5. The molecule has 1 atom stereocenters. The summed E-state index contributed by atoms with van der Waals surface area (Å²) in [6.45, 7) is 7.03. The van der Waals surface area contributed by atoms with Crippen LogP contribution in [0.3, 0.4) is 0 Å². The van der Waals surface area contributed by atoms with E-state index in [4.69, 9.17) is 4.74 Å². The standard InChI is InChI=1S/C14H25N3O/c1-2-3-8-18-9-7-17-12-16-11-14(17)13-5-4-6-15-10-13/h11-13,15H,2-10H2,1H3. The predicted octanol–water partition coefficient (Wildman–Crippen LogP) is 2.17. The molecule has 0 aliphatic carbocycles. The van der Waals surface area contributed by atoms with Gasteiger partial charge in [0.05, 0.1) is 12.9 Å². The van der Waals surface area contributed by atoms with E-state index < -0.39 is 0 Å². The van der Waals surface area contributed by atoms with Crippen molar-refractivity contribution in [1.82, 2.24) is 14.9 Å². The highest BCUT2D eigenvalue weighted by Gasteiger charge is 2.18.